The number of ether oxygens (including phenoxy) is 1. The maximum absolute atomic E-state index is 11.3. The molecule has 2 aromatic rings. The number of aromatic nitrogens is 3. The van der Waals surface area contributed by atoms with Crippen molar-refractivity contribution in [1.82, 2.24) is 15.0 Å². The van der Waals surface area contributed by atoms with Gasteiger partial charge in [-0.3, -0.25) is 0 Å². The van der Waals surface area contributed by atoms with E-state index in [1.807, 2.05) is 0 Å². The molecule has 0 bridgehead atoms. The van der Waals surface area contributed by atoms with E-state index in [2.05, 4.69) is 10.3 Å². The number of para-hydroxylation sites is 1. The van der Waals surface area contributed by atoms with Crippen LogP contribution in [0.5, 0.6) is 0 Å². The van der Waals surface area contributed by atoms with Crippen LogP contribution in [0.4, 0.5) is 0 Å². The summed E-state index contributed by atoms with van der Waals surface area (Å²) in [6.45, 7) is 0.546. The van der Waals surface area contributed by atoms with Gasteiger partial charge in [0.1, 0.15) is 11.0 Å². The highest BCUT2D eigenvalue weighted by Crippen LogP contribution is 2.37. The maximum Gasteiger partial charge on any atom is 0.337 e. The van der Waals surface area contributed by atoms with Crippen LogP contribution in [0.3, 0.4) is 0 Å². The average Bonchev–Trinajstić information content (AvgIpc) is 2.76. The lowest BCUT2D eigenvalue weighted by atomic mass is 9.80. The average molecular weight is 261 g/mol. The topological polar surface area (TPSA) is 77.2 Å². The van der Waals surface area contributed by atoms with E-state index < -0.39 is 5.97 Å². The molecule has 1 aliphatic rings. The molecule has 0 aliphatic heterocycles. The fourth-order valence-corrected chi connectivity index (χ4v) is 2.58. The number of carboxylic acid groups (broad SMARTS) is 1. The summed E-state index contributed by atoms with van der Waals surface area (Å²) in [7, 11) is 1.69. The van der Waals surface area contributed by atoms with E-state index in [0.717, 1.165) is 19.3 Å². The Morgan fingerprint density at radius 1 is 1.53 bits per heavy atom. The standard InChI is InChI=1S/C13H15N3O3/c1-19-13(6-3-7-13)8-16-11-9(12(17)18)4-2-5-10(11)14-15-16/h2,4-5H,3,6-8H2,1H3,(H,17,18). The Bertz CT molecular complexity index is 626. The van der Waals surface area contributed by atoms with Crippen LogP contribution in [0.2, 0.25) is 0 Å². The van der Waals surface area contributed by atoms with Crippen molar-refractivity contribution in [2.45, 2.75) is 31.4 Å². The molecule has 100 valence electrons. The van der Waals surface area contributed by atoms with Crippen LogP contribution in [0.1, 0.15) is 29.6 Å². The van der Waals surface area contributed by atoms with E-state index in [1.165, 1.54) is 0 Å². The van der Waals surface area contributed by atoms with Crippen LogP contribution >= 0.6 is 0 Å². The lowest BCUT2D eigenvalue weighted by molar-refractivity contribution is -0.0850. The molecule has 3 rings (SSSR count). The molecule has 1 heterocycles. The van der Waals surface area contributed by atoms with Crippen LogP contribution in [-0.4, -0.2) is 38.8 Å². The Kier molecular flexibility index (Phi) is 2.74. The summed E-state index contributed by atoms with van der Waals surface area (Å²) in [6, 6.07) is 5.02. The molecule has 0 unspecified atom stereocenters. The number of hydrogen-bond donors (Lipinski definition) is 1. The summed E-state index contributed by atoms with van der Waals surface area (Å²) in [6.07, 6.45) is 3.08. The van der Waals surface area contributed by atoms with Gasteiger partial charge in [0.05, 0.1) is 17.7 Å². The molecular weight excluding hydrogens is 246 g/mol. The van der Waals surface area contributed by atoms with E-state index in [1.54, 1.807) is 30.0 Å². The van der Waals surface area contributed by atoms with Crippen molar-refractivity contribution in [3.05, 3.63) is 23.8 Å². The van der Waals surface area contributed by atoms with Gasteiger partial charge in [-0.15, -0.1) is 5.10 Å². The second-order valence-electron chi connectivity index (χ2n) is 4.97. The molecule has 1 aliphatic carbocycles. The molecule has 1 aromatic heterocycles. The molecular formula is C13H15N3O3. The van der Waals surface area contributed by atoms with Crippen LogP contribution in [0.15, 0.2) is 18.2 Å². The van der Waals surface area contributed by atoms with Gasteiger partial charge in [0, 0.05) is 7.11 Å². The smallest absolute Gasteiger partial charge is 0.337 e. The van der Waals surface area contributed by atoms with Crippen molar-refractivity contribution in [2.24, 2.45) is 0 Å². The Hall–Kier alpha value is -1.95. The van der Waals surface area contributed by atoms with Crippen molar-refractivity contribution in [1.29, 1.82) is 0 Å². The summed E-state index contributed by atoms with van der Waals surface area (Å²) in [5, 5.41) is 17.4. The minimum atomic E-state index is -0.964. The molecule has 0 spiro atoms. The molecule has 1 N–H and O–H groups in total. The first-order valence-corrected chi connectivity index (χ1v) is 6.26. The number of benzene rings is 1. The molecule has 0 radical (unpaired) electrons. The van der Waals surface area contributed by atoms with Gasteiger partial charge in [-0.2, -0.15) is 0 Å². The molecule has 19 heavy (non-hydrogen) atoms. The largest absolute Gasteiger partial charge is 0.478 e. The number of rotatable bonds is 4. The molecule has 0 saturated heterocycles. The Morgan fingerprint density at radius 2 is 2.32 bits per heavy atom. The van der Waals surface area contributed by atoms with E-state index >= 15 is 0 Å². The van der Waals surface area contributed by atoms with Gasteiger partial charge in [0.15, 0.2) is 0 Å². The summed E-state index contributed by atoms with van der Waals surface area (Å²) in [4.78, 5) is 11.3. The summed E-state index contributed by atoms with van der Waals surface area (Å²) in [5.74, 6) is -0.964. The first-order valence-electron chi connectivity index (χ1n) is 6.26. The first kappa shape index (κ1) is 12.1. The lowest BCUT2D eigenvalue weighted by Crippen LogP contribution is -2.43. The Morgan fingerprint density at radius 3 is 2.89 bits per heavy atom. The third-order valence-corrected chi connectivity index (χ3v) is 3.90. The third-order valence-electron chi connectivity index (χ3n) is 3.90. The van der Waals surface area contributed by atoms with Gasteiger partial charge in [-0.1, -0.05) is 11.3 Å². The van der Waals surface area contributed by atoms with E-state index in [-0.39, 0.29) is 11.2 Å². The molecule has 0 amide bonds. The molecule has 6 heteroatoms. The van der Waals surface area contributed by atoms with Crippen LogP contribution in [0.25, 0.3) is 11.0 Å². The number of fused-ring (bicyclic) bond motifs is 1. The fourth-order valence-electron chi connectivity index (χ4n) is 2.58. The quantitative estimate of drug-likeness (QED) is 0.906. The number of carbonyl (C=O) groups is 1. The second kappa shape index (κ2) is 4.31. The molecule has 1 fully saturated rings. The van der Waals surface area contributed by atoms with Crippen LogP contribution < -0.4 is 0 Å². The van der Waals surface area contributed by atoms with Crippen molar-refractivity contribution in [3.63, 3.8) is 0 Å². The van der Waals surface area contributed by atoms with Gasteiger partial charge in [0.2, 0.25) is 0 Å². The summed E-state index contributed by atoms with van der Waals surface area (Å²) < 4.78 is 7.21. The third kappa shape index (κ3) is 1.88. The predicted molar refractivity (Wildman–Crippen MR) is 68.1 cm³/mol. The van der Waals surface area contributed by atoms with Crippen LogP contribution in [0, 0.1) is 0 Å². The Balaban J connectivity index is 2.06. The zero-order chi connectivity index (χ0) is 13.5. The van der Waals surface area contributed by atoms with E-state index in [0.29, 0.717) is 17.6 Å². The molecule has 6 nitrogen and oxygen atoms in total. The zero-order valence-corrected chi connectivity index (χ0v) is 10.7. The van der Waals surface area contributed by atoms with Crippen molar-refractivity contribution >= 4 is 17.0 Å². The SMILES string of the molecule is COC1(Cn2nnc3cccc(C(=O)O)c32)CCC1. The summed E-state index contributed by atoms with van der Waals surface area (Å²) in [5.41, 5.74) is 1.18. The number of hydrogen-bond acceptors (Lipinski definition) is 4. The summed E-state index contributed by atoms with van der Waals surface area (Å²) >= 11 is 0. The highest BCUT2D eigenvalue weighted by molar-refractivity contribution is 6.00. The fraction of sp³-hybridized carbons (Fsp3) is 0.462. The highest BCUT2D eigenvalue weighted by Gasteiger charge is 2.38. The van der Waals surface area contributed by atoms with Gasteiger partial charge < -0.3 is 9.84 Å². The maximum atomic E-state index is 11.3. The number of methoxy groups -OCH3 is 1. The van der Waals surface area contributed by atoms with E-state index in [9.17, 15) is 9.90 Å². The molecule has 1 aromatic carbocycles. The van der Waals surface area contributed by atoms with Gasteiger partial charge >= 0.3 is 5.97 Å². The first-order chi connectivity index (χ1) is 9.15. The minimum Gasteiger partial charge on any atom is -0.478 e. The van der Waals surface area contributed by atoms with Crippen molar-refractivity contribution < 1.29 is 14.6 Å². The highest BCUT2D eigenvalue weighted by atomic mass is 16.5. The molecule has 0 atom stereocenters. The number of nitrogens with zero attached hydrogens (tertiary/aromatic N) is 3. The van der Waals surface area contributed by atoms with Crippen LogP contribution in [-0.2, 0) is 11.3 Å². The minimum absolute atomic E-state index is 0.216. The normalized spacial score (nSPS) is 17.3. The lowest BCUT2D eigenvalue weighted by Gasteiger charge is -2.40. The number of aromatic carboxylic acids is 1. The van der Waals surface area contributed by atoms with E-state index in [4.69, 9.17) is 4.74 Å². The second-order valence-corrected chi connectivity index (χ2v) is 4.97. The van der Waals surface area contributed by atoms with Gasteiger partial charge in [0.25, 0.3) is 0 Å². The zero-order valence-electron chi connectivity index (χ0n) is 10.7. The van der Waals surface area contributed by atoms with Gasteiger partial charge in [-0.25, -0.2) is 9.48 Å². The van der Waals surface area contributed by atoms with Crippen molar-refractivity contribution in [3.8, 4) is 0 Å². The predicted octanol–water partition coefficient (Wildman–Crippen LogP) is 1.70. The van der Waals surface area contributed by atoms with Crippen molar-refractivity contribution in [2.75, 3.05) is 7.11 Å². The number of carboxylic acids is 1. The Labute approximate surface area is 110 Å². The van der Waals surface area contributed by atoms with Gasteiger partial charge in [-0.05, 0) is 31.4 Å². The molecule has 1 saturated carbocycles. The monoisotopic (exact) mass is 261 g/mol.